The van der Waals surface area contributed by atoms with E-state index < -0.39 is 10.0 Å². The molecular weight excluding hydrogens is 360 g/mol. The predicted molar refractivity (Wildman–Crippen MR) is 98.9 cm³/mol. The number of pyridine rings is 1. The maximum Gasteiger partial charge on any atom is 0.268 e. The van der Waals surface area contributed by atoms with Crippen LogP contribution in [-0.4, -0.2) is 43.6 Å². The van der Waals surface area contributed by atoms with Crippen molar-refractivity contribution in [3.63, 3.8) is 0 Å². The number of nitrogens with one attached hydrogen (secondary N) is 1. The molecule has 0 radical (unpaired) electrons. The summed E-state index contributed by atoms with van der Waals surface area (Å²) in [5.74, 6) is 0. The Labute approximate surface area is 151 Å². The van der Waals surface area contributed by atoms with Crippen LogP contribution in [0.25, 0.3) is 11.0 Å². The quantitative estimate of drug-likeness (QED) is 0.760. The minimum Gasteiger partial charge on any atom is -0.366 e. The Morgan fingerprint density at radius 3 is 2.68 bits per heavy atom. The molecule has 1 saturated heterocycles. The van der Waals surface area contributed by atoms with Gasteiger partial charge in [0.1, 0.15) is 5.52 Å². The molecule has 1 aliphatic rings. The Morgan fingerprint density at radius 1 is 1.12 bits per heavy atom. The van der Waals surface area contributed by atoms with Crippen LogP contribution in [0.4, 0.5) is 5.69 Å². The Morgan fingerprint density at radius 2 is 1.92 bits per heavy atom. The lowest BCUT2D eigenvalue weighted by Gasteiger charge is -2.28. The van der Waals surface area contributed by atoms with Crippen LogP contribution in [0.15, 0.2) is 53.7 Å². The average Bonchev–Trinajstić information content (AvgIpc) is 3.03. The smallest absolute Gasteiger partial charge is 0.268 e. The first kappa shape index (κ1) is 16.4. The minimum atomic E-state index is -3.76. The topological polar surface area (TPSA) is 67.2 Å². The van der Waals surface area contributed by atoms with E-state index in [0.717, 1.165) is 31.9 Å². The molecule has 1 aromatic carbocycles. The molecule has 6 nitrogen and oxygen atoms in total. The van der Waals surface area contributed by atoms with E-state index in [9.17, 15) is 8.42 Å². The Bertz CT molecular complexity index is 1030. The van der Waals surface area contributed by atoms with E-state index in [4.69, 9.17) is 11.6 Å². The molecule has 8 heteroatoms. The van der Waals surface area contributed by atoms with Gasteiger partial charge < -0.3 is 10.2 Å². The van der Waals surface area contributed by atoms with Crippen molar-refractivity contribution in [3.8, 4) is 0 Å². The van der Waals surface area contributed by atoms with Gasteiger partial charge in [0, 0.05) is 43.6 Å². The van der Waals surface area contributed by atoms with E-state index in [1.54, 1.807) is 42.7 Å². The van der Waals surface area contributed by atoms with Crippen molar-refractivity contribution in [2.75, 3.05) is 31.1 Å². The Hall–Kier alpha value is -2.09. The maximum absolute atomic E-state index is 13.1. The number of halogens is 1. The zero-order chi connectivity index (χ0) is 17.4. The third kappa shape index (κ3) is 2.88. The van der Waals surface area contributed by atoms with E-state index in [1.165, 1.54) is 10.0 Å². The lowest BCUT2D eigenvalue weighted by molar-refractivity contribution is 0.586. The summed E-state index contributed by atoms with van der Waals surface area (Å²) in [4.78, 5) is 6.75. The Balaban J connectivity index is 1.90. The highest BCUT2D eigenvalue weighted by molar-refractivity contribution is 7.90. The summed E-state index contributed by atoms with van der Waals surface area (Å²) in [7, 11) is -3.76. The first-order valence-electron chi connectivity index (χ1n) is 8.00. The predicted octanol–water partition coefficient (Wildman–Crippen LogP) is 2.34. The fourth-order valence-electron chi connectivity index (χ4n) is 3.09. The number of aromatic nitrogens is 2. The molecule has 0 spiro atoms. The second kappa shape index (κ2) is 6.33. The van der Waals surface area contributed by atoms with Crippen LogP contribution in [0.2, 0.25) is 5.02 Å². The average molecular weight is 377 g/mol. The molecule has 1 N–H and O–H groups in total. The summed E-state index contributed by atoms with van der Waals surface area (Å²) in [6.45, 7) is 3.35. The van der Waals surface area contributed by atoms with Crippen molar-refractivity contribution in [2.24, 2.45) is 0 Å². The number of anilines is 1. The molecule has 0 saturated carbocycles. The molecule has 2 aromatic heterocycles. The molecule has 1 fully saturated rings. The molecule has 4 rings (SSSR count). The molecular formula is C17H17ClN4O2S. The lowest BCUT2D eigenvalue weighted by atomic mass is 10.3. The summed E-state index contributed by atoms with van der Waals surface area (Å²) in [5, 5.41) is 3.69. The van der Waals surface area contributed by atoms with Gasteiger partial charge in [-0.25, -0.2) is 12.4 Å². The third-order valence-electron chi connectivity index (χ3n) is 4.32. The van der Waals surface area contributed by atoms with E-state index in [1.807, 2.05) is 0 Å². The highest BCUT2D eigenvalue weighted by Gasteiger charge is 2.24. The van der Waals surface area contributed by atoms with Crippen molar-refractivity contribution >= 4 is 38.3 Å². The minimum absolute atomic E-state index is 0.160. The molecule has 25 heavy (non-hydrogen) atoms. The van der Waals surface area contributed by atoms with Crippen LogP contribution in [-0.2, 0) is 10.0 Å². The van der Waals surface area contributed by atoms with Crippen LogP contribution >= 0.6 is 11.6 Å². The van der Waals surface area contributed by atoms with E-state index in [-0.39, 0.29) is 4.90 Å². The fourth-order valence-corrected chi connectivity index (χ4v) is 4.74. The van der Waals surface area contributed by atoms with Crippen molar-refractivity contribution in [3.05, 3.63) is 53.8 Å². The van der Waals surface area contributed by atoms with Gasteiger partial charge in [-0.05, 0) is 30.3 Å². The number of piperazine rings is 1. The second-order valence-electron chi connectivity index (χ2n) is 5.88. The summed E-state index contributed by atoms with van der Waals surface area (Å²) in [6.07, 6.45) is 3.35. The monoisotopic (exact) mass is 376 g/mol. The number of hydrogen-bond donors (Lipinski definition) is 1. The molecule has 0 amide bonds. The van der Waals surface area contributed by atoms with E-state index >= 15 is 0 Å². The summed E-state index contributed by atoms with van der Waals surface area (Å²) >= 11 is 5.98. The molecule has 1 aliphatic heterocycles. The van der Waals surface area contributed by atoms with Crippen LogP contribution < -0.4 is 10.2 Å². The summed E-state index contributed by atoms with van der Waals surface area (Å²) < 4.78 is 27.6. The van der Waals surface area contributed by atoms with E-state index in [2.05, 4.69) is 15.2 Å². The van der Waals surface area contributed by atoms with Gasteiger partial charge in [-0.1, -0.05) is 17.7 Å². The normalized spacial score (nSPS) is 15.6. The molecule has 0 aliphatic carbocycles. The van der Waals surface area contributed by atoms with Gasteiger partial charge in [0.25, 0.3) is 10.0 Å². The van der Waals surface area contributed by atoms with Gasteiger partial charge in [-0.15, -0.1) is 0 Å². The first-order valence-corrected chi connectivity index (χ1v) is 9.82. The standard InChI is InChI=1S/C17H17ClN4O2S/c18-13-3-1-4-14(11-13)25(23,24)22-12-16(21-9-7-19-8-10-21)17-15(22)5-2-6-20-17/h1-6,11-12,19H,7-10H2. The third-order valence-corrected chi connectivity index (χ3v) is 6.22. The second-order valence-corrected chi connectivity index (χ2v) is 8.13. The highest BCUT2D eigenvalue weighted by Crippen LogP contribution is 2.31. The zero-order valence-electron chi connectivity index (χ0n) is 13.4. The van der Waals surface area contributed by atoms with Crippen molar-refractivity contribution in [2.45, 2.75) is 4.90 Å². The number of nitrogens with zero attached hydrogens (tertiary/aromatic N) is 3. The molecule has 130 valence electrons. The van der Waals surface area contributed by atoms with Crippen molar-refractivity contribution < 1.29 is 8.42 Å². The van der Waals surface area contributed by atoms with E-state index in [0.29, 0.717) is 16.1 Å². The van der Waals surface area contributed by atoms with Crippen LogP contribution in [0.3, 0.4) is 0 Å². The Kier molecular flexibility index (Phi) is 4.15. The molecule has 3 aromatic rings. The number of hydrogen-bond acceptors (Lipinski definition) is 5. The van der Waals surface area contributed by atoms with Gasteiger partial charge >= 0.3 is 0 Å². The maximum atomic E-state index is 13.1. The molecule has 3 heterocycles. The SMILES string of the molecule is O=S(=O)(c1cccc(Cl)c1)n1cc(N2CCNCC2)c2ncccc21. The highest BCUT2D eigenvalue weighted by atomic mass is 35.5. The summed E-state index contributed by atoms with van der Waals surface area (Å²) in [6, 6.07) is 9.82. The van der Waals surface area contributed by atoms with Crippen molar-refractivity contribution in [1.82, 2.24) is 14.3 Å². The van der Waals surface area contributed by atoms with Gasteiger partial charge in [-0.2, -0.15) is 0 Å². The van der Waals surface area contributed by atoms with Gasteiger partial charge in [0.2, 0.25) is 0 Å². The van der Waals surface area contributed by atoms with Gasteiger partial charge in [0.05, 0.1) is 16.1 Å². The molecule has 0 atom stereocenters. The zero-order valence-corrected chi connectivity index (χ0v) is 15.0. The molecule has 0 bridgehead atoms. The van der Waals surface area contributed by atoms with Gasteiger partial charge in [0.15, 0.2) is 0 Å². The summed E-state index contributed by atoms with van der Waals surface area (Å²) in [5.41, 5.74) is 2.09. The van der Waals surface area contributed by atoms with Crippen LogP contribution in [0, 0.1) is 0 Å². The first-order chi connectivity index (χ1) is 12.1. The van der Waals surface area contributed by atoms with Gasteiger partial charge in [-0.3, -0.25) is 4.98 Å². The van der Waals surface area contributed by atoms with Crippen molar-refractivity contribution in [1.29, 1.82) is 0 Å². The molecule has 0 unspecified atom stereocenters. The fraction of sp³-hybridized carbons (Fsp3) is 0.235. The van der Waals surface area contributed by atoms with Crippen LogP contribution in [0.1, 0.15) is 0 Å². The largest absolute Gasteiger partial charge is 0.366 e. The number of benzene rings is 1. The lowest BCUT2D eigenvalue weighted by Crippen LogP contribution is -2.43. The number of fused-ring (bicyclic) bond motifs is 1. The number of rotatable bonds is 3. The van der Waals surface area contributed by atoms with Crippen LogP contribution in [0.5, 0.6) is 0 Å².